The molecule has 1 aliphatic heterocycles. The van der Waals surface area contributed by atoms with E-state index in [-0.39, 0.29) is 11.8 Å². The van der Waals surface area contributed by atoms with Crippen LogP contribution in [0.1, 0.15) is 18.1 Å². The molecule has 0 atom stereocenters. The second kappa shape index (κ2) is 5.66. The van der Waals surface area contributed by atoms with Crippen LogP contribution in [0.25, 0.3) is 11.6 Å². The van der Waals surface area contributed by atoms with Crippen molar-refractivity contribution in [1.82, 2.24) is 0 Å². The Kier molecular flexibility index (Phi) is 3.69. The van der Waals surface area contributed by atoms with Gasteiger partial charge in [-0.3, -0.25) is 9.59 Å². The summed E-state index contributed by atoms with van der Waals surface area (Å²) in [6, 6.07) is 12.6. The van der Waals surface area contributed by atoms with E-state index in [1.54, 1.807) is 24.3 Å². The van der Waals surface area contributed by atoms with E-state index in [1.165, 1.54) is 6.92 Å². The fourth-order valence-electron chi connectivity index (χ4n) is 2.34. The Morgan fingerprint density at radius 3 is 2.59 bits per heavy atom. The molecule has 3 rings (SSSR count). The van der Waals surface area contributed by atoms with Crippen LogP contribution < -0.4 is 10.6 Å². The Hall–Kier alpha value is -2.59. The van der Waals surface area contributed by atoms with E-state index in [0.29, 0.717) is 10.6 Å². The van der Waals surface area contributed by atoms with E-state index in [1.807, 2.05) is 24.3 Å². The van der Waals surface area contributed by atoms with Gasteiger partial charge in [0.1, 0.15) is 0 Å². The van der Waals surface area contributed by atoms with Gasteiger partial charge in [-0.25, -0.2) is 0 Å². The lowest BCUT2D eigenvalue weighted by molar-refractivity contribution is -0.114. The minimum Gasteiger partial charge on any atom is -0.326 e. The average Bonchev–Trinajstić information content (AvgIpc) is 2.75. The predicted octanol–water partition coefficient (Wildman–Crippen LogP) is 3.79. The summed E-state index contributed by atoms with van der Waals surface area (Å²) in [7, 11) is 0. The van der Waals surface area contributed by atoms with Crippen LogP contribution in [0.5, 0.6) is 0 Å². The van der Waals surface area contributed by atoms with Crippen LogP contribution in [-0.2, 0) is 9.59 Å². The van der Waals surface area contributed by atoms with Gasteiger partial charge in [0.25, 0.3) is 5.91 Å². The maximum absolute atomic E-state index is 12.1. The minimum atomic E-state index is -0.150. The van der Waals surface area contributed by atoms with Gasteiger partial charge in [0.2, 0.25) is 5.91 Å². The molecular formula is C17H13ClN2O2. The number of hydrogen-bond acceptors (Lipinski definition) is 2. The van der Waals surface area contributed by atoms with Crippen LogP contribution in [0, 0.1) is 0 Å². The van der Waals surface area contributed by atoms with Gasteiger partial charge in [-0.1, -0.05) is 29.8 Å². The maximum atomic E-state index is 12.1. The van der Waals surface area contributed by atoms with Crippen molar-refractivity contribution in [2.75, 3.05) is 10.6 Å². The van der Waals surface area contributed by atoms with E-state index in [4.69, 9.17) is 11.6 Å². The van der Waals surface area contributed by atoms with Crippen LogP contribution in [-0.4, -0.2) is 11.8 Å². The summed E-state index contributed by atoms with van der Waals surface area (Å²) in [5.41, 5.74) is 3.75. The second-order valence-corrected chi connectivity index (χ2v) is 5.44. The first-order valence-electron chi connectivity index (χ1n) is 6.73. The summed E-state index contributed by atoms with van der Waals surface area (Å²) in [6.45, 7) is 1.46. The summed E-state index contributed by atoms with van der Waals surface area (Å²) >= 11 is 5.93. The number of carbonyl (C=O) groups is 2. The number of carbonyl (C=O) groups excluding carboxylic acids is 2. The summed E-state index contributed by atoms with van der Waals surface area (Å²) in [6.07, 6.45) is 1.81. The van der Waals surface area contributed by atoms with Gasteiger partial charge >= 0.3 is 0 Å². The van der Waals surface area contributed by atoms with Crippen LogP contribution in [0.4, 0.5) is 11.4 Å². The highest BCUT2D eigenvalue weighted by Crippen LogP contribution is 2.34. The molecule has 110 valence electrons. The topological polar surface area (TPSA) is 58.2 Å². The van der Waals surface area contributed by atoms with Crippen molar-refractivity contribution in [1.29, 1.82) is 0 Å². The molecule has 0 aromatic heterocycles. The fraction of sp³-hybridized carbons (Fsp3) is 0.0588. The molecule has 5 heteroatoms. The molecule has 0 unspecified atom stereocenters. The Morgan fingerprint density at radius 1 is 1.18 bits per heavy atom. The third-order valence-electron chi connectivity index (χ3n) is 3.31. The van der Waals surface area contributed by atoms with Crippen molar-refractivity contribution in [2.45, 2.75) is 6.92 Å². The highest BCUT2D eigenvalue weighted by atomic mass is 35.5. The van der Waals surface area contributed by atoms with Crippen LogP contribution in [0.2, 0.25) is 5.02 Å². The lowest BCUT2D eigenvalue weighted by Crippen LogP contribution is -2.05. The molecule has 0 bridgehead atoms. The predicted molar refractivity (Wildman–Crippen MR) is 88.7 cm³/mol. The van der Waals surface area contributed by atoms with E-state index < -0.39 is 0 Å². The van der Waals surface area contributed by atoms with Crippen molar-refractivity contribution in [3.8, 4) is 0 Å². The smallest absolute Gasteiger partial charge is 0.256 e. The van der Waals surface area contributed by atoms with Crippen molar-refractivity contribution < 1.29 is 9.59 Å². The molecule has 2 aromatic rings. The van der Waals surface area contributed by atoms with Crippen LogP contribution in [0.3, 0.4) is 0 Å². The van der Waals surface area contributed by atoms with Gasteiger partial charge in [-0.05, 0) is 35.9 Å². The van der Waals surface area contributed by atoms with Crippen molar-refractivity contribution in [3.63, 3.8) is 0 Å². The van der Waals surface area contributed by atoms with Gasteiger partial charge < -0.3 is 10.6 Å². The zero-order valence-corrected chi connectivity index (χ0v) is 12.6. The van der Waals surface area contributed by atoms with Gasteiger partial charge in [0.15, 0.2) is 0 Å². The third-order valence-corrected chi connectivity index (χ3v) is 3.54. The standard InChI is InChI=1S/C17H13ClN2O2/c1-10(21)19-13-5-2-11(3-6-13)8-15-14-7-4-12(18)9-16(14)20-17(15)22/h2-9H,1H3,(H,19,21)(H,20,22)/b15-8-. The highest BCUT2D eigenvalue weighted by molar-refractivity contribution is 6.36. The summed E-state index contributed by atoms with van der Waals surface area (Å²) < 4.78 is 0. The average molecular weight is 313 g/mol. The zero-order chi connectivity index (χ0) is 15.7. The number of amides is 2. The Bertz CT molecular complexity index is 795. The molecule has 2 amide bonds. The van der Waals surface area contributed by atoms with Crippen LogP contribution in [0.15, 0.2) is 42.5 Å². The van der Waals surface area contributed by atoms with E-state index in [0.717, 1.165) is 22.5 Å². The SMILES string of the molecule is CC(=O)Nc1ccc(/C=C2\C(=O)Nc3cc(Cl)ccc32)cc1. The van der Waals surface area contributed by atoms with Gasteiger partial charge in [0, 0.05) is 28.8 Å². The minimum absolute atomic E-state index is 0.118. The largest absolute Gasteiger partial charge is 0.326 e. The molecule has 1 heterocycles. The van der Waals surface area contributed by atoms with Crippen molar-refractivity contribution >= 4 is 46.4 Å². The molecule has 0 saturated carbocycles. The molecule has 0 fully saturated rings. The third kappa shape index (κ3) is 2.87. The second-order valence-electron chi connectivity index (χ2n) is 5.01. The molecule has 0 spiro atoms. The van der Waals surface area contributed by atoms with Gasteiger partial charge in [0.05, 0.1) is 5.69 Å². The number of rotatable bonds is 2. The first kappa shape index (κ1) is 14.4. The molecule has 0 radical (unpaired) electrons. The zero-order valence-electron chi connectivity index (χ0n) is 11.8. The number of anilines is 2. The Balaban J connectivity index is 1.92. The Labute approximate surface area is 132 Å². The van der Waals surface area contributed by atoms with E-state index in [2.05, 4.69) is 10.6 Å². The molecule has 4 nitrogen and oxygen atoms in total. The molecule has 0 aliphatic carbocycles. The molecule has 2 aromatic carbocycles. The first-order chi connectivity index (χ1) is 10.5. The van der Waals surface area contributed by atoms with E-state index >= 15 is 0 Å². The quantitative estimate of drug-likeness (QED) is 0.829. The first-order valence-corrected chi connectivity index (χ1v) is 7.11. The summed E-state index contributed by atoms with van der Waals surface area (Å²) in [5.74, 6) is -0.268. The van der Waals surface area contributed by atoms with Crippen molar-refractivity contribution in [2.24, 2.45) is 0 Å². The summed E-state index contributed by atoms with van der Waals surface area (Å²) in [5, 5.41) is 6.08. The number of benzene rings is 2. The lowest BCUT2D eigenvalue weighted by atomic mass is 10.0. The molecule has 2 N–H and O–H groups in total. The number of nitrogens with one attached hydrogen (secondary N) is 2. The van der Waals surface area contributed by atoms with Gasteiger partial charge in [-0.2, -0.15) is 0 Å². The normalized spacial score (nSPS) is 14.6. The van der Waals surface area contributed by atoms with Crippen LogP contribution >= 0.6 is 11.6 Å². The monoisotopic (exact) mass is 312 g/mol. The molecule has 22 heavy (non-hydrogen) atoms. The lowest BCUT2D eigenvalue weighted by Gasteiger charge is -2.03. The van der Waals surface area contributed by atoms with E-state index in [9.17, 15) is 9.59 Å². The number of fused-ring (bicyclic) bond motifs is 1. The highest BCUT2D eigenvalue weighted by Gasteiger charge is 2.23. The molecular weight excluding hydrogens is 300 g/mol. The number of hydrogen-bond donors (Lipinski definition) is 2. The Morgan fingerprint density at radius 2 is 1.91 bits per heavy atom. The maximum Gasteiger partial charge on any atom is 0.256 e. The van der Waals surface area contributed by atoms with Crippen molar-refractivity contribution in [3.05, 3.63) is 58.6 Å². The van der Waals surface area contributed by atoms with Gasteiger partial charge in [-0.15, -0.1) is 0 Å². The fourth-order valence-corrected chi connectivity index (χ4v) is 2.51. The summed E-state index contributed by atoms with van der Waals surface area (Å²) in [4.78, 5) is 23.1. The molecule has 0 saturated heterocycles. The number of halogens is 1. The molecule has 1 aliphatic rings.